The van der Waals surface area contributed by atoms with E-state index in [1.165, 1.54) is 0 Å². The summed E-state index contributed by atoms with van der Waals surface area (Å²) < 4.78 is 0. The Hall–Kier alpha value is -1.22. The molecule has 1 unspecified atom stereocenters. The van der Waals surface area contributed by atoms with Crippen molar-refractivity contribution in [1.29, 1.82) is 0 Å². The molecule has 0 saturated heterocycles. The van der Waals surface area contributed by atoms with Crippen LogP contribution >= 0.6 is 11.6 Å². The molecule has 0 aromatic heterocycles. The second kappa shape index (κ2) is 7.17. The van der Waals surface area contributed by atoms with E-state index in [1.807, 2.05) is 19.1 Å². The van der Waals surface area contributed by atoms with Crippen LogP contribution in [0, 0.1) is 0 Å². The van der Waals surface area contributed by atoms with Crippen LogP contribution in [0.25, 0.3) is 0 Å². The van der Waals surface area contributed by atoms with Gasteiger partial charge < -0.3 is 10.6 Å². The number of carbonyl (C=O) groups excluding carboxylic acids is 1. The van der Waals surface area contributed by atoms with Crippen molar-refractivity contribution >= 4 is 23.2 Å². The van der Waals surface area contributed by atoms with Gasteiger partial charge >= 0.3 is 0 Å². The van der Waals surface area contributed by atoms with Crippen LogP contribution in [-0.2, 0) is 4.79 Å². The first-order valence-electron chi connectivity index (χ1n) is 5.90. The maximum Gasteiger partial charge on any atom is 0.239 e. The standard InChI is InChI=1S/C13H19ClN2O/c1-3-4-10(2)16-13(17)9-15-12-7-5-11(14)6-8-12/h5-8,10,15H,3-4,9H2,1-2H3,(H,16,17). The number of benzene rings is 1. The Balaban J connectivity index is 2.30. The van der Waals surface area contributed by atoms with E-state index in [-0.39, 0.29) is 18.5 Å². The zero-order valence-corrected chi connectivity index (χ0v) is 11.1. The maximum atomic E-state index is 11.6. The van der Waals surface area contributed by atoms with Crippen molar-refractivity contribution in [3.05, 3.63) is 29.3 Å². The smallest absolute Gasteiger partial charge is 0.239 e. The van der Waals surface area contributed by atoms with Crippen molar-refractivity contribution in [3.8, 4) is 0 Å². The number of rotatable bonds is 6. The number of carbonyl (C=O) groups is 1. The van der Waals surface area contributed by atoms with Gasteiger partial charge in [-0.3, -0.25) is 4.79 Å². The average molecular weight is 255 g/mol. The lowest BCUT2D eigenvalue weighted by molar-refractivity contribution is -0.120. The van der Waals surface area contributed by atoms with Crippen molar-refractivity contribution in [1.82, 2.24) is 5.32 Å². The first-order valence-corrected chi connectivity index (χ1v) is 6.28. The minimum atomic E-state index is 0.0147. The minimum Gasteiger partial charge on any atom is -0.376 e. The largest absolute Gasteiger partial charge is 0.376 e. The fraction of sp³-hybridized carbons (Fsp3) is 0.462. The van der Waals surface area contributed by atoms with Crippen LogP contribution in [0.15, 0.2) is 24.3 Å². The monoisotopic (exact) mass is 254 g/mol. The van der Waals surface area contributed by atoms with E-state index < -0.39 is 0 Å². The van der Waals surface area contributed by atoms with Crippen molar-refractivity contribution in [3.63, 3.8) is 0 Å². The Kier molecular flexibility index (Phi) is 5.84. The van der Waals surface area contributed by atoms with Crippen molar-refractivity contribution in [2.24, 2.45) is 0 Å². The summed E-state index contributed by atoms with van der Waals surface area (Å²) in [6.07, 6.45) is 2.08. The van der Waals surface area contributed by atoms with Crippen LogP contribution in [-0.4, -0.2) is 18.5 Å². The predicted molar refractivity (Wildman–Crippen MR) is 72.5 cm³/mol. The van der Waals surface area contributed by atoms with E-state index in [0.717, 1.165) is 18.5 Å². The molecule has 3 nitrogen and oxygen atoms in total. The first kappa shape index (κ1) is 13.8. The summed E-state index contributed by atoms with van der Waals surface area (Å²) in [5, 5.41) is 6.67. The fourth-order valence-electron chi connectivity index (χ4n) is 1.58. The molecule has 0 aliphatic heterocycles. The van der Waals surface area contributed by atoms with Gasteiger partial charge in [0.2, 0.25) is 5.91 Å². The van der Waals surface area contributed by atoms with Crippen molar-refractivity contribution in [2.45, 2.75) is 32.7 Å². The van der Waals surface area contributed by atoms with Crippen LogP contribution in [0.3, 0.4) is 0 Å². The minimum absolute atomic E-state index is 0.0147. The molecule has 0 saturated carbocycles. The highest BCUT2D eigenvalue weighted by molar-refractivity contribution is 6.30. The molecule has 1 rings (SSSR count). The summed E-state index contributed by atoms with van der Waals surface area (Å²) in [7, 11) is 0. The highest BCUT2D eigenvalue weighted by atomic mass is 35.5. The third-order valence-corrected chi connectivity index (χ3v) is 2.68. The predicted octanol–water partition coefficient (Wildman–Crippen LogP) is 3.06. The molecule has 1 atom stereocenters. The van der Waals surface area contributed by atoms with E-state index in [1.54, 1.807) is 12.1 Å². The molecule has 17 heavy (non-hydrogen) atoms. The van der Waals surface area contributed by atoms with Crippen LogP contribution in [0.2, 0.25) is 5.02 Å². The van der Waals surface area contributed by atoms with Crippen molar-refractivity contribution < 1.29 is 4.79 Å². The quantitative estimate of drug-likeness (QED) is 0.819. The van der Waals surface area contributed by atoms with E-state index in [2.05, 4.69) is 17.6 Å². The summed E-state index contributed by atoms with van der Waals surface area (Å²) in [4.78, 5) is 11.6. The third kappa shape index (κ3) is 5.59. The molecule has 0 fully saturated rings. The van der Waals surface area contributed by atoms with E-state index >= 15 is 0 Å². The van der Waals surface area contributed by atoms with Gasteiger partial charge in [-0.1, -0.05) is 24.9 Å². The second-order valence-corrected chi connectivity index (χ2v) is 4.55. The average Bonchev–Trinajstić information content (AvgIpc) is 2.28. The van der Waals surface area contributed by atoms with Gasteiger partial charge in [0, 0.05) is 16.8 Å². The summed E-state index contributed by atoms with van der Waals surface area (Å²) in [6, 6.07) is 7.53. The Labute approximate surface area is 108 Å². The summed E-state index contributed by atoms with van der Waals surface area (Å²) in [5.74, 6) is 0.0147. The fourth-order valence-corrected chi connectivity index (χ4v) is 1.71. The molecule has 0 heterocycles. The van der Waals surface area contributed by atoms with Gasteiger partial charge in [0.15, 0.2) is 0 Å². The molecule has 94 valence electrons. The molecule has 0 aliphatic rings. The molecular formula is C13H19ClN2O. The summed E-state index contributed by atoms with van der Waals surface area (Å²) in [5.41, 5.74) is 0.896. The molecule has 1 amide bonds. The van der Waals surface area contributed by atoms with Crippen molar-refractivity contribution in [2.75, 3.05) is 11.9 Å². The van der Waals surface area contributed by atoms with E-state index in [4.69, 9.17) is 11.6 Å². The first-order chi connectivity index (χ1) is 8.11. The van der Waals surface area contributed by atoms with Crippen LogP contribution < -0.4 is 10.6 Å². The van der Waals surface area contributed by atoms with Gasteiger partial charge in [0.1, 0.15) is 0 Å². The molecule has 0 aliphatic carbocycles. The van der Waals surface area contributed by atoms with Crippen LogP contribution in [0.4, 0.5) is 5.69 Å². The highest BCUT2D eigenvalue weighted by Crippen LogP contribution is 2.12. The molecule has 0 bridgehead atoms. The molecule has 4 heteroatoms. The zero-order valence-electron chi connectivity index (χ0n) is 10.3. The lowest BCUT2D eigenvalue weighted by Gasteiger charge is -2.13. The second-order valence-electron chi connectivity index (χ2n) is 4.12. The van der Waals surface area contributed by atoms with Gasteiger partial charge in [-0.25, -0.2) is 0 Å². The van der Waals surface area contributed by atoms with Gasteiger partial charge in [-0.05, 0) is 37.6 Å². The normalized spacial score (nSPS) is 11.9. The SMILES string of the molecule is CCCC(C)NC(=O)CNc1ccc(Cl)cc1. The summed E-state index contributed by atoms with van der Waals surface area (Å²) >= 11 is 5.77. The Morgan fingerprint density at radius 2 is 2.00 bits per heavy atom. The molecule has 1 aromatic carbocycles. The Morgan fingerprint density at radius 1 is 1.35 bits per heavy atom. The number of hydrogen-bond acceptors (Lipinski definition) is 2. The molecular weight excluding hydrogens is 236 g/mol. The van der Waals surface area contributed by atoms with Gasteiger partial charge in [0.25, 0.3) is 0 Å². The van der Waals surface area contributed by atoms with Gasteiger partial charge in [-0.15, -0.1) is 0 Å². The Bertz CT molecular complexity index is 351. The maximum absolute atomic E-state index is 11.6. The lowest BCUT2D eigenvalue weighted by atomic mass is 10.2. The highest BCUT2D eigenvalue weighted by Gasteiger charge is 2.05. The number of amides is 1. The van der Waals surface area contributed by atoms with Crippen LogP contribution in [0.1, 0.15) is 26.7 Å². The van der Waals surface area contributed by atoms with E-state index in [9.17, 15) is 4.79 Å². The van der Waals surface area contributed by atoms with Gasteiger partial charge in [-0.2, -0.15) is 0 Å². The Morgan fingerprint density at radius 3 is 2.59 bits per heavy atom. The zero-order chi connectivity index (χ0) is 12.7. The molecule has 1 aromatic rings. The van der Waals surface area contributed by atoms with E-state index in [0.29, 0.717) is 5.02 Å². The summed E-state index contributed by atoms with van der Waals surface area (Å²) in [6.45, 7) is 4.41. The molecule has 2 N–H and O–H groups in total. The lowest BCUT2D eigenvalue weighted by Crippen LogP contribution is -2.36. The molecule has 0 radical (unpaired) electrons. The molecule has 0 spiro atoms. The number of hydrogen-bond donors (Lipinski definition) is 2. The van der Waals surface area contributed by atoms with Crippen LogP contribution in [0.5, 0.6) is 0 Å². The number of anilines is 1. The van der Waals surface area contributed by atoms with Gasteiger partial charge in [0.05, 0.1) is 6.54 Å². The third-order valence-electron chi connectivity index (χ3n) is 2.43. The number of nitrogens with one attached hydrogen (secondary N) is 2. The number of halogens is 1. The topological polar surface area (TPSA) is 41.1 Å².